The molecule has 1 fully saturated rings. The van der Waals surface area contributed by atoms with E-state index < -0.39 is 0 Å². The second-order valence-corrected chi connectivity index (χ2v) is 5.93. The molecule has 0 radical (unpaired) electrons. The van der Waals surface area contributed by atoms with Gasteiger partial charge in [0.2, 0.25) is 0 Å². The first-order valence-electron chi connectivity index (χ1n) is 7.66. The highest BCUT2D eigenvalue weighted by atomic mass is 16.3. The second-order valence-electron chi connectivity index (χ2n) is 5.93. The Balaban J connectivity index is 1.69. The minimum absolute atomic E-state index is 0.199. The molecule has 1 aliphatic rings. The second kappa shape index (κ2) is 6.00. The third-order valence-corrected chi connectivity index (χ3v) is 4.26. The van der Waals surface area contributed by atoms with E-state index in [-0.39, 0.29) is 6.10 Å². The van der Waals surface area contributed by atoms with Gasteiger partial charge in [-0.2, -0.15) is 5.10 Å². The monoisotopic (exact) mass is 285 g/mol. The molecule has 4 heteroatoms. The Labute approximate surface area is 125 Å². The predicted octanol–water partition coefficient (Wildman–Crippen LogP) is 2.35. The fourth-order valence-corrected chi connectivity index (χ4v) is 2.74. The zero-order valence-electron chi connectivity index (χ0n) is 12.7. The Morgan fingerprint density at radius 2 is 2.00 bits per heavy atom. The van der Waals surface area contributed by atoms with E-state index in [1.807, 2.05) is 29.8 Å². The summed E-state index contributed by atoms with van der Waals surface area (Å²) >= 11 is 0. The lowest BCUT2D eigenvalue weighted by molar-refractivity contribution is 0.148. The van der Waals surface area contributed by atoms with Crippen LogP contribution in [0.4, 0.5) is 0 Å². The quantitative estimate of drug-likeness (QED) is 0.856. The molecule has 1 heterocycles. The minimum atomic E-state index is -0.199. The highest BCUT2D eigenvalue weighted by Crippen LogP contribution is 2.32. The molecule has 0 saturated heterocycles. The molecule has 2 N–H and O–H groups in total. The molecule has 2 aromatic rings. The van der Waals surface area contributed by atoms with Crippen molar-refractivity contribution in [3.05, 3.63) is 47.3 Å². The number of nitrogens with zero attached hydrogens (tertiary/aromatic N) is 2. The molecule has 1 atom stereocenters. The van der Waals surface area contributed by atoms with Gasteiger partial charge in [-0.1, -0.05) is 18.2 Å². The summed E-state index contributed by atoms with van der Waals surface area (Å²) in [6, 6.07) is 10.2. The summed E-state index contributed by atoms with van der Waals surface area (Å²) in [5.41, 5.74) is 4.51. The van der Waals surface area contributed by atoms with E-state index in [4.69, 9.17) is 0 Å². The van der Waals surface area contributed by atoms with Gasteiger partial charge >= 0.3 is 0 Å². The van der Waals surface area contributed by atoms with Crippen molar-refractivity contribution in [1.82, 2.24) is 15.1 Å². The molecule has 1 unspecified atom stereocenters. The fourth-order valence-electron chi connectivity index (χ4n) is 2.74. The van der Waals surface area contributed by atoms with Gasteiger partial charge in [0.05, 0.1) is 17.5 Å². The van der Waals surface area contributed by atoms with Gasteiger partial charge in [0.25, 0.3) is 0 Å². The van der Waals surface area contributed by atoms with Gasteiger partial charge in [0.1, 0.15) is 0 Å². The number of hydrogen-bond donors (Lipinski definition) is 2. The van der Waals surface area contributed by atoms with Crippen molar-refractivity contribution in [3.63, 3.8) is 0 Å². The molecular formula is C17H23N3O. The Bertz CT molecular complexity index is 602. The molecule has 0 amide bonds. The van der Waals surface area contributed by atoms with Crippen LogP contribution in [0.1, 0.15) is 29.8 Å². The first-order chi connectivity index (χ1) is 10.2. The van der Waals surface area contributed by atoms with Gasteiger partial charge in [-0.05, 0) is 44.7 Å². The summed E-state index contributed by atoms with van der Waals surface area (Å²) in [5, 5.41) is 17.9. The summed E-state index contributed by atoms with van der Waals surface area (Å²) in [4.78, 5) is 0. The van der Waals surface area contributed by atoms with Crippen LogP contribution in [0.3, 0.4) is 0 Å². The van der Waals surface area contributed by atoms with Crippen LogP contribution in [-0.4, -0.2) is 27.5 Å². The Morgan fingerprint density at radius 3 is 2.67 bits per heavy atom. The largest absolute Gasteiger partial charge is 0.392 e. The number of benzene rings is 1. The SMILES string of the molecule is Cc1nn(-c2ccccc2)c(C)c1CNCC(O)C1CC1. The highest BCUT2D eigenvalue weighted by molar-refractivity contribution is 5.36. The van der Waals surface area contributed by atoms with E-state index in [1.165, 1.54) is 18.4 Å². The first-order valence-corrected chi connectivity index (χ1v) is 7.66. The van der Waals surface area contributed by atoms with Gasteiger partial charge in [-0.15, -0.1) is 0 Å². The van der Waals surface area contributed by atoms with Crippen LogP contribution in [0.15, 0.2) is 30.3 Å². The van der Waals surface area contributed by atoms with Crippen LogP contribution in [-0.2, 0) is 6.54 Å². The zero-order valence-corrected chi connectivity index (χ0v) is 12.7. The number of para-hydroxylation sites is 1. The lowest BCUT2D eigenvalue weighted by Gasteiger charge is -2.11. The summed E-state index contributed by atoms with van der Waals surface area (Å²) in [6.45, 7) is 5.57. The molecule has 1 aliphatic carbocycles. The van der Waals surface area contributed by atoms with E-state index in [9.17, 15) is 5.11 Å². The molecular weight excluding hydrogens is 262 g/mol. The molecule has 1 saturated carbocycles. The molecule has 4 nitrogen and oxygen atoms in total. The van der Waals surface area contributed by atoms with Crippen LogP contribution < -0.4 is 5.32 Å². The topological polar surface area (TPSA) is 50.1 Å². The van der Waals surface area contributed by atoms with Gasteiger partial charge in [-0.3, -0.25) is 0 Å². The minimum Gasteiger partial charge on any atom is -0.392 e. The van der Waals surface area contributed by atoms with Crippen LogP contribution in [0.5, 0.6) is 0 Å². The van der Waals surface area contributed by atoms with Crippen LogP contribution >= 0.6 is 0 Å². The molecule has 112 valence electrons. The van der Waals surface area contributed by atoms with Crippen LogP contribution in [0.2, 0.25) is 0 Å². The van der Waals surface area contributed by atoms with E-state index in [1.54, 1.807) is 0 Å². The van der Waals surface area contributed by atoms with E-state index in [0.29, 0.717) is 12.5 Å². The number of aromatic nitrogens is 2. The normalized spacial score (nSPS) is 16.1. The molecule has 1 aromatic heterocycles. The van der Waals surface area contributed by atoms with Crippen LogP contribution in [0.25, 0.3) is 5.69 Å². The maximum Gasteiger partial charge on any atom is 0.0692 e. The summed E-state index contributed by atoms with van der Waals surface area (Å²) in [5.74, 6) is 0.520. The molecule has 0 aliphatic heterocycles. The average Bonchev–Trinajstić information content (AvgIpc) is 3.30. The number of aliphatic hydroxyl groups excluding tert-OH is 1. The van der Waals surface area contributed by atoms with Gasteiger partial charge in [0, 0.05) is 24.3 Å². The maximum atomic E-state index is 9.91. The Kier molecular flexibility index (Phi) is 4.08. The predicted molar refractivity (Wildman–Crippen MR) is 83.5 cm³/mol. The molecule has 1 aromatic carbocycles. The zero-order chi connectivity index (χ0) is 14.8. The maximum absolute atomic E-state index is 9.91. The van der Waals surface area contributed by atoms with Gasteiger partial charge in [-0.25, -0.2) is 4.68 Å². The number of rotatable bonds is 6. The lowest BCUT2D eigenvalue weighted by atomic mass is 10.2. The molecule has 0 bridgehead atoms. The highest BCUT2D eigenvalue weighted by Gasteiger charge is 2.29. The number of hydrogen-bond acceptors (Lipinski definition) is 3. The number of aliphatic hydroxyl groups is 1. The number of nitrogens with one attached hydrogen (secondary N) is 1. The number of aryl methyl sites for hydroxylation is 1. The van der Waals surface area contributed by atoms with E-state index >= 15 is 0 Å². The van der Waals surface area contributed by atoms with Crippen molar-refractivity contribution >= 4 is 0 Å². The molecule has 21 heavy (non-hydrogen) atoms. The van der Waals surface area contributed by atoms with Crippen molar-refractivity contribution in [1.29, 1.82) is 0 Å². The Hall–Kier alpha value is -1.65. The van der Waals surface area contributed by atoms with Crippen LogP contribution in [0, 0.1) is 19.8 Å². The van der Waals surface area contributed by atoms with Crippen molar-refractivity contribution in [2.75, 3.05) is 6.54 Å². The van der Waals surface area contributed by atoms with Crippen molar-refractivity contribution in [2.24, 2.45) is 5.92 Å². The van der Waals surface area contributed by atoms with Crippen molar-refractivity contribution in [2.45, 2.75) is 39.3 Å². The van der Waals surface area contributed by atoms with E-state index in [2.05, 4.69) is 29.5 Å². The smallest absolute Gasteiger partial charge is 0.0692 e. The van der Waals surface area contributed by atoms with Crippen molar-refractivity contribution < 1.29 is 5.11 Å². The summed E-state index contributed by atoms with van der Waals surface area (Å²) in [7, 11) is 0. The Morgan fingerprint density at radius 1 is 1.29 bits per heavy atom. The van der Waals surface area contributed by atoms with Gasteiger partial charge in [0.15, 0.2) is 0 Å². The third kappa shape index (κ3) is 3.17. The lowest BCUT2D eigenvalue weighted by Crippen LogP contribution is -2.28. The summed E-state index contributed by atoms with van der Waals surface area (Å²) < 4.78 is 1.99. The molecule has 0 spiro atoms. The fraction of sp³-hybridized carbons (Fsp3) is 0.471. The summed E-state index contributed by atoms with van der Waals surface area (Å²) in [6.07, 6.45) is 2.15. The third-order valence-electron chi connectivity index (χ3n) is 4.26. The standard InChI is InChI=1S/C17H23N3O/c1-12-16(10-18-11-17(21)14-8-9-14)13(2)20(19-12)15-6-4-3-5-7-15/h3-7,14,17-18,21H,8-11H2,1-2H3. The first kappa shape index (κ1) is 14.3. The van der Waals surface area contributed by atoms with Crippen molar-refractivity contribution in [3.8, 4) is 5.69 Å². The average molecular weight is 285 g/mol. The molecule has 3 rings (SSSR count). The van der Waals surface area contributed by atoms with E-state index in [0.717, 1.165) is 23.6 Å². The van der Waals surface area contributed by atoms with Gasteiger partial charge < -0.3 is 10.4 Å².